The molecule has 1 saturated carbocycles. The second-order valence-electron chi connectivity index (χ2n) is 9.95. The SMILES string of the molecule is COc1cc(C)ccn1.Cc1ccc2cc(C3CCCCC3)c(=O)n(Cc3ncccc3C(C)(F)F)c2n1. The minimum atomic E-state index is -3.03. The van der Waals surface area contributed by atoms with Crippen LogP contribution < -0.4 is 10.3 Å². The molecule has 6 nitrogen and oxygen atoms in total. The highest BCUT2D eigenvalue weighted by Crippen LogP contribution is 2.33. The molecule has 0 saturated heterocycles. The van der Waals surface area contributed by atoms with Crippen molar-refractivity contribution in [2.24, 2.45) is 0 Å². The van der Waals surface area contributed by atoms with Crippen molar-refractivity contribution < 1.29 is 13.5 Å². The van der Waals surface area contributed by atoms with Gasteiger partial charge in [-0.05, 0) is 74.6 Å². The minimum absolute atomic E-state index is 0.0219. The molecule has 1 aliphatic carbocycles. The predicted molar refractivity (Wildman–Crippen MR) is 145 cm³/mol. The van der Waals surface area contributed by atoms with E-state index in [1.807, 2.05) is 44.2 Å². The van der Waals surface area contributed by atoms with Crippen molar-refractivity contribution in [3.05, 3.63) is 93.3 Å². The van der Waals surface area contributed by atoms with E-state index < -0.39 is 5.92 Å². The van der Waals surface area contributed by atoms with E-state index in [9.17, 15) is 13.6 Å². The van der Waals surface area contributed by atoms with Crippen molar-refractivity contribution in [1.29, 1.82) is 0 Å². The van der Waals surface area contributed by atoms with Gasteiger partial charge in [0.15, 0.2) is 0 Å². The summed E-state index contributed by atoms with van der Waals surface area (Å²) in [5.74, 6) is -2.15. The summed E-state index contributed by atoms with van der Waals surface area (Å²) in [6, 6.07) is 12.5. The van der Waals surface area contributed by atoms with Crippen LogP contribution in [0.2, 0.25) is 0 Å². The van der Waals surface area contributed by atoms with Gasteiger partial charge < -0.3 is 4.74 Å². The lowest BCUT2D eigenvalue weighted by atomic mass is 9.84. The molecule has 5 rings (SSSR count). The number of ether oxygens (including phenoxy) is 1. The Morgan fingerprint density at radius 2 is 1.79 bits per heavy atom. The van der Waals surface area contributed by atoms with Gasteiger partial charge in [-0.25, -0.2) is 18.7 Å². The summed E-state index contributed by atoms with van der Waals surface area (Å²) >= 11 is 0. The molecule has 4 heterocycles. The van der Waals surface area contributed by atoms with E-state index in [1.54, 1.807) is 13.3 Å². The van der Waals surface area contributed by atoms with Crippen molar-refractivity contribution in [1.82, 2.24) is 19.5 Å². The van der Waals surface area contributed by atoms with E-state index in [0.717, 1.165) is 49.3 Å². The monoisotopic (exact) mass is 520 g/mol. The number of hydrogen-bond acceptors (Lipinski definition) is 5. The Morgan fingerprint density at radius 1 is 1.03 bits per heavy atom. The number of aromatic nitrogens is 4. The van der Waals surface area contributed by atoms with Crippen LogP contribution in [0.3, 0.4) is 0 Å². The Hall–Kier alpha value is -3.68. The molecule has 4 aromatic heterocycles. The Labute approximate surface area is 221 Å². The van der Waals surface area contributed by atoms with Gasteiger partial charge in [-0.2, -0.15) is 0 Å². The van der Waals surface area contributed by atoms with E-state index in [4.69, 9.17) is 4.74 Å². The number of hydrogen-bond donors (Lipinski definition) is 0. The van der Waals surface area contributed by atoms with E-state index in [-0.39, 0.29) is 29.3 Å². The topological polar surface area (TPSA) is 69.9 Å². The van der Waals surface area contributed by atoms with Crippen LogP contribution >= 0.6 is 0 Å². The molecule has 1 aliphatic rings. The van der Waals surface area contributed by atoms with Gasteiger partial charge in [0.2, 0.25) is 5.88 Å². The maximum absolute atomic E-state index is 14.1. The van der Waals surface area contributed by atoms with Crippen molar-refractivity contribution >= 4 is 11.0 Å². The van der Waals surface area contributed by atoms with Gasteiger partial charge in [0.05, 0.1) is 19.3 Å². The van der Waals surface area contributed by atoms with Crippen LogP contribution in [0.4, 0.5) is 8.78 Å². The van der Waals surface area contributed by atoms with Crippen molar-refractivity contribution in [2.45, 2.75) is 71.3 Å². The smallest absolute Gasteiger partial charge is 0.272 e. The Balaban J connectivity index is 0.000000317. The number of fused-ring (bicyclic) bond motifs is 1. The minimum Gasteiger partial charge on any atom is -0.481 e. The van der Waals surface area contributed by atoms with E-state index in [2.05, 4.69) is 15.0 Å². The van der Waals surface area contributed by atoms with E-state index >= 15 is 0 Å². The quantitative estimate of drug-likeness (QED) is 0.293. The summed E-state index contributed by atoms with van der Waals surface area (Å²) in [5.41, 5.74) is 3.14. The fourth-order valence-corrected chi connectivity index (χ4v) is 4.95. The summed E-state index contributed by atoms with van der Waals surface area (Å²) < 4.78 is 34.7. The lowest BCUT2D eigenvalue weighted by molar-refractivity contribution is 0.0160. The van der Waals surface area contributed by atoms with Crippen LogP contribution in [0.1, 0.15) is 73.0 Å². The fraction of sp³-hybridized carbons (Fsp3) is 0.400. The third kappa shape index (κ3) is 6.41. The zero-order valence-corrected chi connectivity index (χ0v) is 22.4. The number of nitrogens with zero attached hydrogens (tertiary/aromatic N) is 4. The highest BCUT2D eigenvalue weighted by Gasteiger charge is 2.29. The molecule has 0 amide bonds. The summed E-state index contributed by atoms with van der Waals surface area (Å²) in [7, 11) is 1.61. The molecule has 0 aliphatic heterocycles. The number of rotatable bonds is 5. The molecular formula is C30H34F2N4O2. The van der Waals surface area contributed by atoms with E-state index in [1.165, 1.54) is 34.9 Å². The maximum Gasteiger partial charge on any atom is 0.272 e. The third-order valence-corrected chi connectivity index (χ3v) is 6.92. The standard InChI is InChI=1S/C23H25F2N3O.C7H9NO/c1-15-10-11-17-13-18(16-7-4-3-5-8-16)22(29)28(21(17)27-15)14-20-19(23(2,24)25)9-6-12-26-20;1-6-3-4-8-7(5-6)9-2/h6,9-13,16H,3-5,7-8,14H2,1-2H3;3-5H,1-2H3. The van der Waals surface area contributed by atoms with Gasteiger partial charge >= 0.3 is 0 Å². The fourth-order valence-electron chi connectivity index (χ4n) is 4.95. The van der Waals surface area contributed by atoms with Crippen LogP contribution in [0.25, 0.3) is 11.0 Å². The van der Waals surface area contributed by atoms with Crippen LogP contribution in [-0.4, -0.2) is 26.6 Å². The van der Waals surface area contributed by atoms with Crippen LogP contribution in [0.15, 0.2) is 59.7 Å². The summed E-state index contributed by atoms with van der Waals surface area (Å²) in [6.07, 6.45) is 8.61. The Morgan fingerprint density at radius 3 is 2.45 bits per heavy atom. The molecule has 0 radical (unpaired) electrons. The third-order valence-electron chi connectivity index (χ3n) is 6.92. The van der Waals surface area contributed by atoms with Crippen molar-refractivity contribution in [3.63, 3.8) is 0 Å². The summed E-state index contributed by atoms with van der Waals surface area (Å²) in [6.45, 7) is 4.70. The van der Waals surface area contributed by atoms with Crippen LogP contribution in [0, 0.1) is 13.8 Å². The molecule has 0 bridgehead atoms. The van der Waals surface area contributed by atoms with Gasteiger partial charge in [0.25, 0.3) is 11.5 Å². The number of halogens is 2. The number of pyridine rings is 4. The average Bonchev–Trinajstić information content (AvgIpc) is 2.91. The molecule has 1 fully saturated rings. The average molecular weight is 521 g/mol. The van der Waals surface area contributed by atoms with Gasteiger partial charge in [0, 0.05) is 47.6 Å². The van der Waals surface area contributed by atoms with Crippen LogP contribution in [0.5, 0.6) is 5.88 Å². The largest absolute Gasteiger partial charge is 0.481 e. The highest BCUT2D eigenvalue weighted by atomic mass is 19.3. The predicted octanol–water partition coefficient (Wildman–Crippen LogP) is 6.71. The lowest BCUT2D eigenvalue weighted by Gasteiger charge is -2.23. The molecule has 38 heavy (non-hydrogen) atoms. The Bertz CT molecular complexity index is 1460. The number of aryl methyl sites for hydroxylation is 2. The van der Waals surface area contributed by atoms with Gasteiger partial charge in [-0.1, -0.05) is 19.3 Å². The molecule has 0 unspecified atom stereocenters. The van der Waals surface area contributed by atoms with Gasteiger partial charge in [-0.3, -0.25) is 14.3 Å². The summed E-state index contributed by atoms with van der Waals surface area (Å²) in [4.78, 5) is 26.1. The van der Waals surface area contributed by atoms with Crippen LogP contribution in [-0.2, 0) is 12.5 Å². The van der Waals surface area contributed by atoms with Gasteiger partial charge in [-0.15, -0.1) is 0 Å². The first-order valence-electron chi connectivity index (χ1n) is 13.0. The molecule has 8 heteroatoms. The summed E-state index contributed by atoms with van der Waals surface area (Å²) in [5, 5.41) is 0.858. The molecule has 0 aromatic carbocycles. The van der Waals surface area contributed by atoms with Crippen molar-refractivity contribution in [2.75, 3.05) is 7.11 Å². The maximum atomic E-state index is 14.1. The first-order chi connectivity index (χ1) is 18.2. The molecule has 0 spiro atoms. The normalized spacial score (nSPS) is 14.2. The first kappa shape index (κ1) is 27.4. The molecule has 0 N–H and O–H groups in total. The second-order valence-corrected chi connectivity index (χ2v) is 9.95. The second kappa shape index (κ2) is 11.8. The molecule has 200 valence electrons. The molecule has 0 atom stereocenters. The van der Waals surface area contributed by atoms with Gasteiger partial charge in [0.1, 0.15) is 5.65 Å². The zero-order valence-electron chi connectivity index (χ0n) is 22.4. The van der Waals surface area contributed by atoms with Crippen molar-refractivity contribution in [3.8, 4) is 5.88 Å². The Kier molecular flexibility index (Phi) is 8.49. The number of methoxy groups -OCH3 is 1. The van der Waals surface area contributed by atoms with E-state index in [0.29, 0.717) is 11.5 Å². The number of alkyl halides is 2. The molecular weight excluding hydrogens is 486 g/mol. The zero-order chi connectivity index (χ0) is 27.3. The first-order valence-corrected chi connectivity index (χ1v) is 13.0. The lowest BCUT2D eigenvalue weighted by Crippen LogP contribution is -2.29. The molecule has 4 aromatic rings. The highest BCUT2D eigenvalue weighted by molar-refractivity contribution is 5.76.